The molecular weight excluding hydrogens is 288 g/mol. The summed E-state index contributed by atoms with van der Waals surface area (Å²) in [5.41, 5.74) is 1.63. The van der Waals surface area contributed by atoms with Gasteiger partial charge in [-0.05, 0) is 30.2 Å². The predicted molar refractivity (Wildman–Crippen MR) is 92.3 cm³/mol. The first-order valence-corrected chi connectivity index (χ1v) is 8.10. The summed E-state index contributed by atoms with van der Waals surface area (Å²) in [5, 5.41) is 2.94. The zero-order chi connectivity index (χ0) is 16.5. The van der Waals surface area contributed by atoms with Crippen LogP contribution in [0.2, 0.25) is 0 Å². The number of rotatable bonds is 8. The molecule has 1 heterocycles. The van der Waals surface area contributed by atoms with Crippen LogP contribution in [0.15, 0.2) is 48.7 Å². The van der Waals surface area contributed by atoms with Crippen LogP contribution in [0, 0.1) is 5.92 Å². The fraction of sp³-hybridized carbons (Fsp3) is 0.368. The molecule has 1 aromatic carbocycles. The van der Waals surface area contributed by atoms with E-state index in [0.717, 1.165) is 30.0 Å². The molecule has 23 heavy (non-hydrogen) atoms. The lowest BCUT2D eigenvalue weighted by molar-refractivity contribution is -0.117. The second-order valence-electron chi connectivity index (χ2n) is 5.78. The molecule has 1 unspecified atom stereocenters. The average Bonchev–Trinajstić information content (AvgIpc) is 2.54. The van der Waals surface area contributed by atoms with Crippen LogP contribution in [0.1, 0.15) is 38.8 Å². The Morgan fingerprint density at radius 2 is 2.13 bits per heavy atom. The number of benzene rings is 1. The zero-order valence-corrected chi connectivity index (χ0v) is 13.8. The molecular formula is C19H24N2O2. The minimum Gasteiger partial charge on any atom is -0.487 e. The molecule has 4 nitrogen and oxygen atoms in total. The Morgan fingerprint density at radius 1 is 1.26 bits per heavy atom. The number of carbonyl (C=O) groups is 1. The summed E-state index contributed by atoms with van der Waals surface area (Å²) in [4.78, 5) is 16.2. The van der Waals surface area contributed by atoms with Gasteiger partial charge in [0.25, 0.3) is 0 Å². The summed E-state index contributed by atoms with van der Waals surface area (Å²) in [7, 11) is 0. The van der Waals surface area contributed by atoms with Crippen molar-refractivity contribution in [2.24, 2.45) is 5.92 Å². The van der Waals surface area contributed by atoms with Crippen molar-refractivity contribution in [3.8, 4) is 5.75 Å². The third kappa shape index (κ3) is 6.10. The minimum atomic E-state index is 0.0489. The molecule has 2 aromatic rings. The van der Waals surface area contributed by atoms with Crippen molar-refractivity contribution in [3.63, 3.8) is 0 Å². The first-order valence-electron chi connectivity index (χ1n) is 8.10. The number of carbonyl (C=O) groups excluding carboxylic acids is 1. The van der Waals surface area contributed by atoms with E-state index in [0.29, 0.717) is 18.9 Å². The van der Waals surface area contributed by atoms with Gasteiger partial charge in [-0.1, -0.05) is 38.8 Å². The van der Waals surface area contributed by atoms with Gasteiger partial charge in [0.15, 0.2) is 0 Å². The number of ether oxygens (including phenoxy) is 1. The van der Waals surface area contributed by atoms with E-state index in [1.807, 2.05) is 42.5 Å². The van der Waals surface area contributed by atoms with Gasteiger partial charge in [0.2, 0.25) is 5.91 Å². The number of pyridine rings is 1. The molecule has 0 saturated carbocycles. The van der Waals surface area contributed by atoms with Crippen LogP contribution < -0.4 is 10.1 Å². The molecule has 122 valence electrons. The highest BCUT2D eigenvalue weighted by Crippen LogP contribution is 2.19. The molecule has 0 spiro atoms. The lowest BCUT2D eigenvalue weighted by atomic mass is 10.0. The summed E-state index contributed by atoms with van der Waals surface area (Å²) >= 11 is 0. The standard InChI is InChI=1S/C19H24N2O2/c1-3-7-15(2)12-19(22)21-16-9-6-10-18(13-16)23-14-17-8-4-5-11-20-17/h4-6,8-11,13,15H,3,7,12,14H2,1-2H3,(H,21,22). The van der Waals surface area contributed by atoms with E-state index in [1.165, 1.54) is 0 Å². The van der Waals surface area contributed by atoms with Crippen LogP contribution >= 0.6 is 0 Å². The van der Waals surface area contributed by atoms with E-state index >= 15 is 0 Å². The Bertz CT molecular complexity index is 614. The quantitative estimate of drug-likeness (QED) is 0.784. The zero-order valence-electron chi connectivity index (χ0n) is 13.8. The average molecular weight is 312 g/mol. The minimum absolute atomic E-state index is 0.0489. The normalized spacial score (nSPS) is 11.7. The second kappa shape index (κ2) is 8.93. The number of anilines is 1. The molecule has 1 atom stereocenters. The topological polar surface area (TPSA) is 51.2 Å². The van der Waals surface area contributed by atoms with Crippen molar-refractivity contribution in [1.82, 2.24) is 4.98 Å². The van der Waals surface area contributed by atoms with E-state index in [-0.39, 0.29) is 5.91 Å². The number of hydrogen-bond acceptors (Lipinski definition) is 3. The molecule has 2 rings (SSSR count). The largest absolute Gasteiger partial charge is 0.487 e. The Kier molecular flexibility index (Phi) is 6.60. The number of aromatic nitrogens is 1. The predicted octanol–water partition coefficient (Wildman–Crippen LogP) is 4.43. The summed E-state index contributed by atoms with van der Waals surface area (Å²) in [6.45, 7) is 4.65. The maximum atomic E-state index is 12.0. The molecule has 4 heteroatoms. The second-order valence-corrected chi connectivity index (χ2v) is 5.78. The van der Waals surface area contributed by atoms with Crippen molar-refractivity contribution in [3.05, 3.63) is 54.4 Å². The first kappa shape index (κ1) is 17.0. The molecule has 1 aromatic heterocycles. The van der Waals surface area contributed by atoms with Crippen LogP contribution in [0.5, 0.6) is 5.75 Å². The summed E-state index contributed by atoms with van der Waals surface area (Å²) in [6, 6.07) is 13.2. The van der Waals surface area contributed by atoms with Gasteiger partial charge in [0, 0.05) is 24.4 Å². The smallest absolute Gasteiger partial charge is 0.224 e. The maximum absolute atomic E-state index is 12.0. The van der Waals surface area contributed by atoms with Gasteiger partial charge >= 0.3 is 0 Å². The highest BCUT2D eigenvalue weighted by atomic mass is 16.5. The Hall–Kier alpha value is -2.36. The van der Waals surface area contributed by atoms with E-state index in [2.05, 4.69) is 24.1 Å². The summed E-state index contributed by atoms with van der Waals surface area (Å²) < 4.78 is 5.72. The van der Waals surface area contributed by atoms with E-state index in [1.54, 1.807) is 6.20 Å². The highest BCUT2D eigenvalue weighted by Gasteiger charge is 2.09. The number of nitrogens with zero attached hydrogens (tertiary/aromatic N) is 1. The van der Waals surface area contributed by atoms with Crippen molar-refractivity contribution in [2.45, 2.75) is 39.7 Å². The van der Waals surface area contributed by atoms with Gasteiger partial charge < -0.3 is 10.1 Å². The maximum Gasteiger partial charge on any atom is 0.224 e. The molecule has 0 radical (unpaired) electrons. The van der Waals surface area contributed by atoms with E-state index in [9.17, 15) is 4.79 Å². The lowest BCUT2D eigenvalue weighted by Crippen LogP contribution is -2.15. The molecule has 0 saturated heterocycles. The lowest BCUT2D eigenvalue weighted by Gasteiger charge is -2.11. The van der Waals surface area contributed by atoms with Crippen molar-refractivity contribution >= 4 is 11.6 Å². The van der Waals surface area contributed by atoms with Crippen molar-refractivity contribution in [1.29, 1.82) is 0 Å². The fourth-order valence-electron chi connectivity index (χ4n) is 2.43. The fourth-order valence-corrected chi connectivity index (χ4v) is 2.43. The summed E-state index contributed by atoms with van der Waals surface area (Å²) in [6.07, 6.45) is 4.46. The summed E-state index contributed by atoms with van der Waals surface area (Å²) in [5.74, 6) is 1.17. The molecule has 1 amide bonds. The van der Waals surface area contributed by atoms with Gasteiger partial charge in [-0.2, -0.15) is 0 Å². The van der Waals surface area contributed by atoms with Gasteiger partial charge in [-0.25, -0.2) is 0 Å². The third-order valence-corrected chi connectivity index (χ3v) is 3.55. The van der Waals surface area contributed by atoms with Crippen LogP contribution in [0.3, 0.4) is 0 Å². The first-order chi connectivity index (χ1) is 11.2. The highest BCUT2D eigenvalue weighted by molar-refractivity contribution is 5.91. The van der Waals surface area contributed by atoms with Gasteiger partial charge in [-0.15, -0.1) is 0 Å². The Balaban J connectivity index is 1.88. The molecule has 0 aliphatic heterocycles. The van der Waals surface area contributed by atoms with Gasteiger partial charge in [0.05, 0.1) is 5.69 Å². The molecule has 0 aliphatic carbocycles. The monoisotopic (exact) mass is 312 g/mol. The van der Waals surface area contributed by atoms with Crippen LogP contribution in [-0.2, 0) is 11.4 Å². The molecule has 0 fully saturated rings. The van der Waals surface area contributed by atoms with Gasteiger partial charge in [-0.3, -0.25) is 9.78 Å². The molecule has 1 N–H and O–H groups in total. The van der Waals surface area contributed by atoms with Crippen molar-refractivity contribution in [2.75, 3.05) is 5.32 Å². The molecule has 0 bridgehead atoms. The Labute approximate surface area is 137 Å². The van der Waals surface area contributed by atoms with Gasteiger partial charge in [0.1, 0.15) is 12.4 Å². The SMILES string of the molecule is CCCC(C)CC(=O)Nc1cccc(OCc2ccccn2)c1. The number of hydrogen-bond donors (Lipinski definition) is 1. The van der Waals surface area contributed by atoms with E-state index in [4.69, 9.17) is 4.74 Å². The third-order valence-electron chi connectivity index (χ3n) is 3.55. The van der Waals surface area contributed by atoms with Crippen molar-refractivity contribution < 1.29 is 9.53 Å². The van der Waals surface area contributed by atoms with Crippen LogP contribution in [0.25, 0.3) is 0 Å². The van der Waals surface area contributed by atoms with Crippen LogP contribution in [-0.4, -0.2) is 10.9 Å². The van der Waals surface area contributed by atoms with Crippen LogP contribution in [0.4, 0.5) is 5.69 Å². The molecule has 0 aliphatic rings. The number of amides is 1. The van der Waals surface area contributed by atoms with E-state index < -0.39 is 0 Å². The number of nitrogens with one attached hydrogen (secondary N) is 1. The Morgan fingerprint density at radius 3 is 2.87 bits per heavy atom.